The third-order valence-electron chi connectivity index (χ3n) is 2.85. The standard InChI is InChI=1S/C15H17NO3S/c1-9(5-14-4-3-10(2)20-14)16-15(19)11-6-12(17)8-13(18)7-11/h3-4,6-9,17-18H,5H2,1-2H3,(H,16,19). The van der Waals surface area contributed by atoms with Crippen molar-refractivity contribution in [2.75, 3.05) is 0 Å². The van der Waals surface area contributed by atoms with Crippen molar-refractivity contribution in [1.29, 1.82) is 0 Å². The average molecular weight is 291 g/mol. The minimum absolute atomic E-state index is 0.0231. The molecular formula is C15H17NO3S. The molecule has 1 atom stereocenters. The predicted octanol–water partition coefficient (Wildman–Crippen LogP) is 2.83. The number of thiophene rings is 1. The Labute approximate surface area is 121 Å². The highest BCUT2D eigenvalue weighted by molar-refractivity contribution is 7.11. The van der Waals surface area contributed by atoms with Crippen molar-refractivity contribution < 1.29 is 15.0 Å². The van der Waals surface area contributed by atoms with Crippen LogP contribution in [0.1, 0.15) is 27.0 Å². The molecule has 2 rings (SSSR count). The molecule has 0 radical (unpaired) electrons. The van der Waals surface area contributed by atoms with Crippen molar-refractivity contribution in [3.05, 3.63) is 45.6 Å². The number of nitrogens with one attached hydrogen (secondary N) is 1. The van der Waals surface area contributed by atoms with Gasteiger partial charge in [-0.2, -0.15) is 0 Å². The molecule has 2 aromatic rings. The lowest BCUT2D eigenvalue weighted by Gasteiger charge is -2.13. The Morgan fingerprint density at radius 3 is 2.45 bits per heavy atom. The Kier molecular flexibility index (Phi) is 4.29. The summed E-state index contributed by atoms with van der Waals surface area (Å²) in [7, 11) is 0. The first-order chi connectivity index (χ1) is 9.44. The van der Waals surface area contributed by atoms with E-state index < -0.39 is 0 Å². The maximum atomic E-state index is 12.0. The van der Waals surface area contributed by atoms with Gasteiger partial charge in [0.2, 0.25) is 0 Å². The molecule has 0 aliphatic heterocycles. The first-order valence-electron chi connectivity index (χ1n) is 6.33. The summed E-state index contributed by atoms with van der Waals surface area (Å²) in [6, 6.07) is 7.94. The van der Waals surface area contributed by atoms with Crippen LogP contribution in [0, 0.1) is 6.92 Å². The second-order valence-electron chi connectivity index (χ2n) is 4.83. The van der Waals surface area contributed by atoms with E-state index in [1.54, 1.807) is 11.3 Å². The normalized spacial score (nSPS) is 12.1. The fraction of sp³-hybridized carbons (Fsp3) is 0.267. The number of hydrogen-bond acceptors (Lipinski definition) is 4. The average Bonchev–Trinajstić information content (AvgIpc) is 2.73. The van der Waals surface area contributed by atoms with Crippen LogP contribution in [0.15, 0.2) is 30.3 Å². The van der Waals surface area contributed by atoms with Crippen LogP contribution in [-0.2, 0) is 6.42 Å². The van der Waals surface area contributed by atoms with Gasteiger partial charge in [-0.1, -0.05) is 0 Å². The van der Waals surface area contributed by atoms with Gasteiger partial charge in [0.15, 0.2) is 0 Å². The Morgan fingerprint density at radius 2 is 1.90 bits per heavy atom. The van der Waals surface area contributed by atoms with E-state index in [1.807, 2.05) is 13.8 Å². The molecule has 1 aromatic carbocycles. The fourth-order valence-corrected chi connectivity index (χ4v) is 3.00. The molecule has 0 saturated heterocycles. The zero-order valence-corrected chi connectivity index (χ0v) is 12.2. The number of carbonyl (C=O) groups is 1. The van der Waals surface area contributed by atoms with E-state index in [0.717, 1.165) is 6.42 Å². The van der Waals surface area contributed by atoms with E-state index in [9.17, 15) is 15.0 Å². The zero-order valence-electron chi connectivity index (χ0n) is 11.4. The lowest BCUT2D eigenvalue weighted by atomic mass is 10.1. The van der Waals surface area contributed by atoms with Crippen LogP contribution < -0.4 is 5.32 Å². The number of aromatic hydroxyl groups is 2. The van der Waals surface area contributed by atoms with Crippen LogP contribution in [0.25, 0.3) is 0 Å². The summed E-state index contributed by atoms with van der Waals surface area (Å²) in [6.45, 7) is 3.97. The topological polar surface area (TPSA) is 69.6 Å². The maximum absolute atomic E-state index is 12.0. The van der Waals surface area contributed by atoms with Gasteiger partial charge in [-0.25, -0.2) is 0 Å². The van der Waals surface area contributed by atoms with Crippen molar-refractivity contribution in [1.82, 2.24) is 5.32 Å². The van der Waals surface area contributed by atoms with E-state index in [2.05, 4.69) is 17.4 Å². The highest BCUT2D eigenvalue weighted by Gasteiger charge is 2.12. The SMILES string of the molecule is Cc1ccc(CC(C)NC(=O)c2cc(O)cc(O)c2)s1. The Hall–Kier alpha value is -2.01. The van der Waals surface area contributed by atoms with Gasteiger partial charge in [0.05, 0.1) is 0 Å². The molecule has 0 aliphatic carbocycles. The van der Waals surface area contributed by atoms with Crippen molar-refractivity contribution in [3.8, 4) is 11.5 Å². The summed E-state index contributed by atoms with van der Waals surface area (Å²) in [4.78, 5) is 14.5. The second-order valence-corrected chi connectivity index (χ2v) is 6.20. The van der Waals surface area contributed by atoms with Crippen LogP contribution in [0.4, 0.5) is 0 Å². The minimum Gasteiger partial charge on any atom is -0.508 e. The molecule has 3 N–H and O–H groups in total. The monoisotopic (exact) mass is 291 g/mol. The molecule has 1 amide bonds. The first-order valence-corrected chi connectivity index (χ1v) is 7.15. The highest BCUT2D eigenvalue weighted by atomic mass is 32.1. The zero-order chi connectivity index (χ0) is 14.7. The molecule has 1 aromatic heterocycles. The third-order valence-corrected chi connectivity index (χ3v) is 3.87. The summed E-state index contributed by atoms with van der Waals surface area (Å²) in [6.07, 6.45) is 0.759. The van der Waals surface area contributed by atoms with E-state index in [1.165, 1.54) is 28.0 Å². The number of benzene rings is 1. The molecule has 0 spiro atoms. The van der Waals surface area contributed by atoms with Gasteiger partial charge in [0.25, 0.3) is 5.91 Å². The molecule has 1 unspecified atom stereocenters. The third kappa shape index (κ3) is 3.74. The molecule has 0 saturated carbocycles. The van der Waals surface area contributed by atoms with Gasteiger partial charge in [-0.15, -0.1) is 11.3 Å². The molecule has 0 aliphatic rings. The number of phenols is 2. The van der Waals surface area contributed by atoms with Gasteiger partial charge < -0.3 is 15.5 Å². The fourth-order valence-electron chi connectivity index (χ4n) is 1.98. The molecular weight excluding hydrogens is 274 g/mol. The van der Waals surface area contributed by atoms with Crippen LogP contribution in [0.5, 0.6) is 11.5 Å². The smallest absolute Gasteiger partial charge is 0.251 e. The van der Waals surface area contributed by atoms with Gasteiger partial charge >= 0.3 is 0 Å². The van der Waals surface area contributed by atoms with E-state index in [4.69, 9.17) is 0 Å². The first kappa shape index (κ1) is 14.4. The van der Waals surface area contributed by atoms with Gasteiger partial charge in [0.1, 0.15) is 11.5 Å². The highest BCUT2D eigenvalue weighted by Crippen LogP contribution is 2.21. The maximum Gasteiger partial charge on any atom is 0.251 e. The summed E-state index contributed by atoms with van der Waals surface area (Å²) in [5.41, 5.74) is 0.247. The Morgan fingerprint density at radius 1 is 1.25 bits per heavy atom. The molecule has 0 bridgehead atoms. The molecule has 5 heteroatoms. The van der Waals surface area contributed by atoms with Crippen LogP contribution in [0.3, 0.4) is 0 Å². The molecule has 4 nitrogen and oxygen atoms in total. The number of aryl methyl sites for hydroxylation is 1. The largest absolute Gasteiger partial charge is 0.508 e. The number of amides is 1. The summed E-state index contributed by atoms with van der Waals surface area (Å²) < 4.78 is 0. The Bertz CT molecular complexity index is 601. The van der Waals surface area contributed by atoms with Crippen LogP contribution in [0.2, 0.25) is 0 Å². The van der Waals surface area contributed by atoms with Crippen molar-refractivity contribution in [3.63, 3.8) is 0 Å². The summed E-state index contributed by atoms with van der Waals surface area (Å²) >= 11 is 1.71. The Balaban J connectivity index is 2.00. The van der Waals surface area contributed by atoms with Gasteiger partial charge in [0, 0.05) is 33.8 Å². The van der Waals surface area contributed by atoms with E-state index >= 15 is 0 Å². The van der Waals surface area contributed by atoms with E-state index in [-0.39, 0.29) is 29.0 Å². The van der Waals surface area contributed by atoms with Crippen molar-refractivity contribution in [2.45, 2.75) is 26.3 Å². The lowest BCUT2D eigenvalue weighted by molar-refractivity contribution is 0.0939. The predicted molar refractivity (Wildman–Crippen MR) is 79.5 cm³/mol. The summed E-state index contributed by atoms with van der Waals surface area (Å²) in [5.74, 6) is -0.564. The second kappa shape index (κ2) is 5.96. The number of hydrogen-bond donors (Lipinski definition) is 3. The molecule has 20 heavy (non-hydrogen) atoms. The van der Waals surface area contributed by atoms with Gasteiger partial charge in [-0.05, 0) is 38.1 Å². The molecule has 106 valence electrons. The number of carbonyl (C=O) groups excluding carboxylic acids is 1. The molecule has 1 heterocycles. The van der Waals surface area contributed by atoms with Crippen molar-refractivity contribution in [2.24, 2.45) is 0 Å². The van der Waals surface area contributed by atoms with Gasteiger partial charge in [-0.3, -0.25) is 4.79 Å². The quantitative estimate of drug-likeness (QED) is 0.811. The number of rotatable bonds is 4. The number of phenolic OH excluding ortho intramolecular Hbond substituents is 2. The lowest BCUT2D eigenvalue weighted by Crippen LogP contribution is -2.33. The van der Waals surface area contributed by atoms with Crippen LogP contribution >= 0.6 is 11.3 Å². The molecule has 0 fully saturated rings. The van der Waals surface area contributed by atoms with Crippen LogP contribution in [-0.4, -0.2) is 22.2 Å². The summed E-state index contributed by atoms with van der Waals surface area (Å²) in [5, 5.41) is 21.6. The minimum atomic E-state index is -0.308. The van der Waals surface area contributed by atoms with E-state index in [0.29, 0.717) is 0 Å². The van der Waals surface area contributed by atoms with Crippen molar-refractivity contribution >= 4 is 17.2 Å².